The number of amides is 2. The number of carbonyl (C=O) groups excluding carboxylic acids is 1. The highest BCUT2D eigenvalue weighted by Crippen LogP contribution is 2.24. The number of aliphatic carboxylic acids is 1. The van der Waals surface area contributed by atoms with Gasteiger partial charge in [0.05, 0.1) is 17.8 Å². The van der Waals surface area contributed by atoms with E-state index in [2.05, 4.69) is 20.8 Å². The van der Waals surface area contributed by atoms with Crippen molar-refractivity contribution in [2.24, 2.45) is 11.3 Å². The fraction of sp³-hybridized carbons (Fsp3) is 0.583. The van der Waals surface area contributed by atoms with Gasteiger partial charge >= 0.3 is 12.0 Å². The number of urea groups is 1. The van der Waals surface area contributed by atoms with Crippen LogP contribution in [0, 0.1) is 11.3 Å². The SMILES string of the molecule is CC(C)(C)CC(CNC(=O)Nc1cn[nH]c1)C(=O)O. The Morgan fingerprint density at radius 2 is 2.16 bits per heavy atom. The van der Waals surface area contributed by atoms with Crippen molar-refractivity contribution in [2.75, 3.05) is 11.9 Å². The zero-order valence-electron chi connectivity index (χ0n) is 11.4. The van der Waals surface area contributed by atoms with Crippen LogP contribution in [0.15, 0.2) is 12.4 Å². The van der Waals surface area contributed by atoms with Gasteiger partial charge in [0.2, 0.25) is 0 Å². The van der Waals surface area contributed by atoms with E-state index in [1.54, 1.807) is 0 Å². The summed E-state index contributed by atoms with van der Waals surface area (Å²) in [5.74, 6) is -1.51. The summed E-state index contributed by atoms with van der Waals surface area (Å²) in [6.07, 6.45) is 3.49. The highest BCUT2D eigenvalue weighted by Gasteiger charge is 2.24. The second-order valence-electron chi connectivity index (χ2n) is 5.62. The van der Waals surface area contributed by atoms with Crippen molar-refractivity contribution in [3.05, 3.63) is 12.4 Å². The minimum absolute atomic E-state index is 0.0935. The first kappa shape index (κ1) is 15.0. The molecule has 4 N–H and O–H groups in total. The van der Waals surface area contributed by atoms with Crippen LogP contribution in [0.25, 0.3) is 0 Å². The van der Waals surface area contributed by atoms with Crippen LogP contribution in [0.3, 0.4) is 0 Å². The van der Waals surface area contributed by atoms with Crippen LogP contribution in [0.1, 0.15) is 27.2 Å². The van der Waals surface area contributed by atoms with Crippen molar-refractivity contribution in [1.29, 1.82) is 0 Å². The number of nitrogens with one attached hydrogen (secondary N) is 3. The molecule has 0 aliphatic rings. The van der Waals surface area contributed by atoms with Crippen molar-refractivity contribution in [1.82, 2.24) is 15.5 Å². The number of aromatic nitrogens is 2. The largest absolute Gasteiger partial charge is 0.481 e. The van der Waals surface area contributed by atoms with Crippen LogP contribution in [0.5, 0.6) is 0 Å². The minimum atomic E-state index is -0.904. The summed E-state index contributed by atoms with van der Waals surface area (Å²) in [6.45, 7) is 5.99. The molecule has 106 valence electrons. The molecule has 0 spiro atoms. The van der Waals surface area contributed by atoms with Crippen molar-refractivity contribution >= 4 is 17.7 Å². The Morgan fingerprint density at radius 3 is 2.63 bits per heavy atom. The summed E-state index contributed by atoms with van der Waals surface area (Å²) in [7, 11) is 0. The number of H-pyrrole nitrogens is 1. The Labute approximate surface area is 111 Å². The maximum Gasteiger partial charge on any atom is 0.319 e. The number of anilines is 1. The van der Waals surface area contributed by atoms with Gasteiger partial charge in [-0.25, -0.2) is 4.79 Å². The second-order valence-corrected chi connectivity index (χ2v) is 5.62. The summed E-state index contributed by atoms with van der Waals surface area (Å²) in [4.78, 5) is 22.7. The number of rotatable bonds is 5. The number of aromatic amines is 1. The van der Waals surface area contributed by atoms with Crippen LogP contribution < -0.4 is 10.6 Å². The summed E-state index contributed by atoms with van der Waals surface area (Å²) in [5, 5.41) is 20.5. The minimum Gasteiger partial charge on any atom is -0.481 e. The van der Waals surface area contributed by atoms with Crippen LogP contribution >= 0.6 is 0 Å². The number of hydrogen-bond acceptors (Lipinski definition) is 3. The summed E-state index contributed by atoms with van der Waals surface area (Å²) >= 11 is 0. The number of nitrogens with zero attached hydrogens (tertiary/aromatic N) is 1. The van der Waals surface area contributed by atoms with Gasteiger partial charge in [-0.05, 0) is 11.8 Å². The fourth-order valence-electron chi connectivity index (χ4n) is 1.70. The van der Waals surface area contributed by atoms with Crippen LogP contribution in [0.4, 0.5) is 10.5 Å². The molecule has 0 saturated carbocycles. The molecule has 1 atom stereocenters. The van der Waals surface area contributed by atoms with Gasteiger partial charge in [0.1, 0.15) is 0 Å². The summed E-state index contributed by atoms with van der Waals surface area (Å²) in [6, 6.07) is -0.443. The zero-order valence-corrected chi connectivity index (χ0v) is 11.4. The van der Waals surface area contributed by atoms with E-state index >= 15 is 0 Å². The molecule has 0 radical (unpaired) electrons. The molecule has 19 heavy (non-hydrogen) atoms. The molecular formula is C12H20N4O3. The third-order valence-electron chi connectivity index (χ3n) is 2.47. The number of carboxylic acids is 1. The van der Waals surface area contributed by atoms with Gasteiger partial charge in [0.25, 0.3) is 0 Å². The molecule has 0 bridgehead atoms. The van der Waals surface area contributed by atoms with Crippen LogP contribution in [-0.2, 0) is 4.79 Å². The highest BCUT2D eigenvalue weighted by atomic mass is 16.4. The molecule has 1 rings (SSSR count). The Balaban J connectivity index is 2.43. The lowest BCUT2D eigenvalue weighted by Crippen LogP contribution is -2.37. The fourth-order valence-corrected chi connectivity index (χ4v) is 1.70. The van der Waals surface area contributed by atoms with E-state index in [0.717, 1.165) is 0 Å². The van der Waals surface area contributed by atoms with E-state index in [-0.39, 0.29) is 12.0 Å². The molecule has 0 aliphatic heterocycles. The lowest BCUT2D eigenvalue weighted by Gasteiger charge is -2.23. The lowest BCUT2D eigenvalue weighted by atomic mass is 9.84. The van der Waals surface area contributed by atoms with Crippen molar-refractivity contribution in [3.8, 4) is 0 Å². The molecule has 2 amide bonds. The average Bonchev–Trinajstić information content (AvgIpc) is 2.75. The van der Waals surface area contributed by atoms with Gasteiger partial charge in [-0.2, -0.15) is 5.10 Å². The lowest BCUT2D eigenvalue weighted by molar-refractivity contribution is -0.142. The van der Waals surface area contributed by atoms with Crippen molar-refractivity contribution < 1.29 is 14.7 Å². The van der Waals surface area contributed by atoms with Gasteiger partial charge in [-0.3, -0.25) is 9.89 Å². The van der Waals surface area contributed by atoms with E-state index in [1.165, 1.54) is 12.4 Å². The maximum absolute atomic E-state index is 11.5. The smallest absolute Gasteiger partial charge is 0.319 e. The standard InChI is InChI=1S/C12H20N4O3/c1-12(2,3)4-8(10(17)18)5-13-11(19)16-9-6-14-15-7-9/h6-8H,4-5H2,1-3H3,(H,14,15)(H,17,18)(H2,13,16,19). The van der Waals surface area contributed by atoms with Crippen LogP contribution in [-0.4, -0.2) is 33.8 Å². The van der Waals surface area contributed by atoms with E-state index < -0.39 is 17.9 Å². The first-order valence-electron chi connectivity index (χ1n) is 6.04. The van der Waals surface area contributed by atoms with Gasteiger partial charge in [0.15, 0.2) is 0 Å². The topological polar surface area (TPSA) is 107 Å². The molecular weight excluding hydrogens is 248 g/mol. The molecule has 0 aliphatic carbocycles. The Morgan fingerprint density at radius 1 is 1.47 bits per heavy atom. The predicted octanol–water partition coefficient (Wildman–Crippen LogP) is 1.67. The molecule has 7 nitrogen and oxygen atoms in total. The Bertz CT molecular complexity index is 423. The van der Waals surface area contributed by atoms with Crippen molar-refractivity contribution in [2.45, 2.75) is 27.2 Å². The maximum atomic E-state index is 11.5. The Hall–Kier alpha value is -2.05. The van der Waals surface area contributed by atoms with Gasteiger partial charge in [-0.15, -0.1) is 0 Å². The summed E-state index contributed by atoms with van der Waals surface area (Å²) in [5.41, 5.74) is 0.423. The molecule has 0 saturated heterocycles. The summed E-state index contributed by atoms with van der Waals surface area (Å²) < 4.78 is 0. The van der Waals surface area contributed by atoms with E-state index in [4.69, 9.17) is 5.11 Å². The predicted molar refractivity (Wildman–Crippen MR) is 70.8 cm³/mol. The third-order valence-corrected chi connectivity index (χ3v) is 2.47. The normalized spacial score (nSPS) is 12.8. The molecule has 1 unspecified atom stereocenters. The molecule has 1 heterocycles. The molecule has 7 heteroatoms. The molecule has 1 aromatic rings. The first-order valence-corrected chi connectivity index (χ1v) is 6.04. The van der Waals surface area contributed by atoms with E-state index in [1.807, 2.05) is 20.8 Å². The number of carboxylic acid groups (broad SMARTS) is 1. The highest BCUT2D eigenvalue weighted by molar-refractivity contribution is 5.89. The number of hydrogen-bond donors (Lipinski definition) is 4. The average molecular weight is 268 g/mol. The Kier molecular flexibility index (Phi) is 4.91. The van der Waals surface area contributed by atoms with Gasteiger partial charge in [0, 0.05) is 12.7 Å². The molecule has 0 aromatic carbocycles. The monoisotopic (exact) mass is 268 g/mol. The quantitative estimate of drug-likeness (QED) is 0.651. The second kappa shape index (κ2) is 6.21. The molecule has 1 aromatic heterocycles. The number of carbonyl (C=O) groups is 2. The van der Waals surface area contributed by atoms with Gasteiger partial charge < -0.3 is 15.7 Å². The third kappa shape index (κ3) is 5.89. The van der Waals surface area contributed by atoms with Crippen molar-refractivity contribution in [3.63, 3.8) is 0 Å². The van der Waals surface area contributed by atoms with Gasteiger partial charge in [-0.1, -0.05) is 20.8 Å². The first-order chi connectivity index (χ1) is 8.78. The van der Waals surface area contributed by atoms with Crippen LogP contribution in [0.2, 0.25) is 0 Å². The zero-order chi connectivity index (χ0) is 14.5. The van der Waals surface area contributed by atoms with E-state index in [0.29, 0.717) is 12.1 Å². The van der Waals surface area contributed by atoms with E-state index in [9.17, 15) is 9.59 Å². The molecule has 0 fully saturated rings.